The molecule has 4 heteroatoms. The largest absolute Gasteiger partial charge is 0.478 e. The Morgan fingerprint density at radius 3 is 2.24 bits per heavy atom. The molecule has 0 aliphatic heterocycles. The molecular weight excluding hydrogens is 266 g/mol. The second-order valence-corrected chi connectivity index (χ2v) is 4.74. The van der Waals surface area contributed by atoms with Crippen LogP contribution in [0.25, 0.3) is 0 Å². The van der Waals surface area contributed by atoms with Crippen molar-refractivity contribution in [3.8, 4) is 0 Å². The first-order valence-electron chi connectivity index (χ1n) is 6.79. The highest BCUT2D eigenvalue weighted by atomic mass is 16.4. The second kappa shape index (κ2) is 6.70. The van der Waals surface area contributed by atoms with E-state index in [0.717, 1.165) is 12.0 Å². The maximum Gasteiger partial charge on any atom is 0.335 e. The molecular formula is C17H17NO3. The number of aromatic carboxylic acids is 1. The number of hydrogen-bond donors (Lipinski definition) is 2. The van der Waals surface area contributed by atoms with E-state index >= 15 is 0 Å². The fourth-order valence-corrected chi connectivity index (χ4v) is 1.97. The van der Waals surface area contributed by atoms with Crippen molar-refractivity contribution < 1.29 is 14.7 Å². The van der Waals surface area contributed by atoms with Crippen LogP contribution in [0.3, 0.4) is 0 Å². The van der Waals surface area contributed by atoms with E-state index in [1.165, 1.54) is 17.7 Å². The number of aryl methyl sites for hydroxylation is 1. The Morgan fingerprint density at radius 1 is 1.00 bits per heavy atom. The number of carbonyl (C=O) groups is 2. The predicted molar refractivity (Wildman–Crippen MR) is 80.4 cm³/mol. The van der Waals surface area contributed by atoms with Crippen LogP contribution in [-0.4, -0.2) is 17.0 Å². The van der Waals surface area contributed by atoms with Gasteiger partial charge >= 0.3 is 5.97 Å². The molecule has 0 fully saturated rings. The molecule has 0 spiro atoms. The third kappa shape index (κ3) is 3.92. The van der Waals surface area contributed by atoms with Crippen molar-refractivity contribution in [3.63, 3.8) is 0 Å². The Labute approximate surface area is 123 Å². The van der Waals surface area contributed by atoms with E-state index in [4.69, 9.17) is 5.11 Å². The van der Waals surface area contributed by atoms with Crippen molar-refractivity contribution in [2.75, 3.05) is 0 Å². The highest BCUT2D eigenvalue weighted by Crippen LogP contribution is 2.07. The lowest BCUT2D eigenvalue weighted by Crippen LogP contribution is -2.23. The highest BCUT2D eigenvalue weighted by Gasteiger charge is 2.09. The summed E-state index contributed by atoms with van der Waals surface area (Å²) in [6.45, 7) is 2.51. The predicted octanol–water partition coefficient (Wildman–Crippen LogP) is 2.88. The first-order chi connectivity index (χ1) is 10.1. The van der Waals surface area contributed by atoms with E-state index in [2.05, 4.69) is 12.2 Å². The zero-order chi connectivity index (χ0) is 15.2. The molecule has 1 amide bonds. The molecule has 0 radical (unpaired) electrons. The summed E-state index contributed by atoms with van der Waals surface area (Å²) in [4.78, 5) is 22.9. The van der Waals surface area contributed by atoms with Crippen molar-refractivity contribution in [2.45, 2.75) is 19.9 Å². The van der Waals surface area contributed by atoms with Crippen LogP contribution in [0.4, 0.5) is 0 Å². The molecule has 0 heterocycles. The number of carbonyl (C=O) groups excluding carboxylic acids is 1. The zero-order valence-electron chi connectivity index (χ0n) is 11.8. The second-order valence-electron chi connectivity index (χ2n) is 4.74. The molecule has 2 aromatic carbocycles. The van der Waals surface area contributed by atoms with E-state index in [-0.39, 0.29) is 11.5 Å². The quantitative estimate of drug-likeness (QED) is 0.886. The standard InChI is InChI=1S/C17H17NO3/c1-2-12-6-8-13(9-7-12)11-18-16(19)14-4-3-5-15(10-14)17(20)21/h3-10H,2,11H2,1H3,(H,18,19)(H,20,21). The molecule has 108 valence electrons. The number of benzene rings is 2. The van der Waals surface area contributed by atoms with Gasteiger partial charge in [-0.05, 0) is 35.7 Å². The first kappa shape index (κ1) is 14.8. The van der Waals surface area contributed by atoms with E-state index in [1.807, 2.05) is 24.3 Å². The third-order valence-corrected chi connectivity index (χ3v) is 3.26. The van der Waals surface area contributed by atoms with Crippen molar-refractivity contribution in [1.29, 1.82) is 0 Å². The third-order valence-electron chi connectivity index (χ3n) is 3.26. The SMILES string of the molecule is CCc1ccc(CNC(=O)c2cccc(C(=O)O)c2)cc1. The van der Waals surface area contributed by atoms with Gasteiger partial charge in [-0.2, -0.15) is 0 Å². The van der Waals surface area contributed by atoms with E-state index in [9.17, 15) is 9.59 Å². The van der Waals surface area contributed by atoms with Crippen LogP contribution >= 0.6 is 0 Å². The van der Waals surface area contributed by atoms with Crippen LogP contribution in [0, 0.1) is 0 Å². The van der Waals surface area contributed by atoms with E-state index < -0.39 is 5.97 Å². The van der Waals surface area contributed by atoms with Gasteiger partial charge in [0, 0.05) is 12.1 Å². The molecule has 2 rings (SSSR count). The van der Waals surface area contributed by atoms with E-state index in [0.29, 0.717) is 12.1 Å². The van der Waals surface area contributed by atoms with Gasteiger partial charge in [-0.15, -0.1) is 0 Å². The Morgan fingerprint density at radius 2 is 1.62 bits per heavy atom. The molecule has 2 N–H and O–H groups in total. The lowest BCUT2D eigenvalue weighted by molar-refractivity contribution is 0.0697. The molecule has 21 heavy (non-hydrogen) atoms. The molecule has 0 saturated carbocycles. The van der Waals surface area contributed by atoms with Crippen molar-refractivity contribution >= 4 is 11.9 Å². The summed E-state index contributed by atoms with van der Waals surface area (Å²) in [7, 11) is 0. The molecule has 2 aromatic rings. The Kier molecular flexibility index (Phi) is 4.72. The van der Waals surface area contributed by atoms with Crippen LogP contribution in [0.15, 0.2) is 48.5 Å². The van der Waals surface area contributed by atoms with Crippen LogP contribution < -0.4 is 5.32 Å². The van der Waals surface area contributed by atoms with Gasteiger partial charge in [0.05, 0.1) is 5.56 Å². The van der Waals surface area contributed by atoms with Crippen LogP contribution in [0.2, 0.25) is 0 Å². The maximum absolute atomic E-state index is 12.0. The van der Waals surface area contributed by atoms with Crippen molar-refractivity contribution in [2.24, 2.45) is 0 Å². The average Bonchev–Trinajstić information content (AvgIpc) is 2.53. The molecule has 0 bridgehead atoms. The lowest BCUT2D eigenvalue weighted by Gasteiger charge is -2.07. The van der Waals surface area contributed by atoms with E-state index in [1.54, 1.807) is 12.1 Å². The molecule has 0 unspecified atom stereocenters. The lowest BCUT2D eigenvalue weighted by atomic mass is 10.1. The Hall–Kier alpha value is -2.62. The van der Waals surface area contributed by atoms with Gasteiger partial charge in [0.25, 0.3) is 5.91 Å². The topological polar surface area (TPSA) is 66.4 Å². The average molecular weight is 283 g/mol. The minimum absolute atomic E-state index is 0.106. The van der Waals surface area contributed by atoms with Gasteiger partial charge in [-0.1, -0.05) is 37.3 Å². The number of carboxylic acids is 1. The molecule has 0 aliphatic carbocycles. The van der Waals surface area contributed by atoms with Gasteiger partial charge < -0.3 is 10.4 Å². The summed E-state index contributed by atoms with van der Waals surface area (Å²) in [5.74, 6) is -1.32. The molecule has 0 saturated heterocycles. The summed E-state index contributed by atoms with van der Waals surface area (Å²) in [5.41, 5.74) is 2.71. The summed E-state index contributed by atoms with van der Waals surface area (Å²) in [6.07, 6.45) is 0.981. The van der Waals surface area contributed by atoms with Gasteiger partial charge in [0.1, 0.15) is 0 Å². The number of hydrogen-bond acceptors (Lipinski definition) is 2. The van der Waals surface area contributed by atoms with Crippen LogP contribution in [-0.2, 0) is 13.0 Å². The maximum atomic E-state index is 12.0. The van der Waals surface area contributed by atoms with Gasteiger partial charge in [0.2, 0.25) is 0 Å². The smallest absolute Gasteiger partial charge is 0.335 e. The summed E-state index contributed by atoms with van der Waals surface area (Å²) >= 11 is 0. The fraction of sp³-hybridized carbons (Fsp3) is 0.176. The number of carboxylic acid groups (broad SMARTS) is 1. The summed E-state index contributed by atoms with van der Waals surface area (Å²) in [5, 5.41) is 11.7. The van der Waals surface area contributed by atoms with Crippen LogP contribution in [0.1, 0.15) is 38.8 Å². The van der Waals surface area contributed by atoms with Gasteiger partial charge in [-0.3, -0.25) is 4.79 Å². The molecule has 0 aliphatic rings. The summed E-state index contributed by atoms with van der Waals surface area (Å²) in [6, 6.07) is 14.0. The summed E-state index contributed by atoms with van der Waals surface area (Å²) < 4.78 is 0. The normalized spacial score (nSPS) is 10.1. The van der Waals surface area contributed by atoms with Crippen molar-refractivity contribution in [3.05, 3.63) is 70.8 Å². The van der Waals surface area contributed by atoms with Crippen molar-refractivity contribution in [1.82, 2.24) is 5.32 Å². The van der Waals surface area contributed by atoms with Gasteiger partial charge in [0.15, 0.2) is 0 Å². The Bertz CT molecular complexity index is 647. The highest BCUT2D eigenvalue weighted by molar-refractivity contribution is 5.97. The Balaban J connectivity index is 2.00. The molecule has 4 nitrogen and oxygen atoms in total. The zero-order valence-corrected chi connectivity index (χ0v) is 11.8. The van der Waals surface area contributed by atoms with Gasteiger partial charge in [-0.25, -0.2) is 4.79 Å². The molecule has 0 aromatic heterocycles. The number of nitrogens with one attached hydrogen (secondary N) is 1. The monoisotopic (exact) mass is 283 g/mol. The fourth-order valence-electron chi connectivity index (χ4n) is 1.97. The van der Waals surface area contributed by atoms with Crippen LogP contribution in [0.5, 0.6) is 0 Å². The number of amides is 1. The number of rotatable bonds is 5. The first-order valence-corrected chi connectivity index (χ1v) is 6.79. The molecule has 0 atom stereocenters. The minimum Gasteiger partial charge on any atom is -0.478 e. The minimum atomic E-state index is -1.04.